The van der Waals surface area contributed by atoms with E-state index < -0.39 is 5.82 Å². The van der Waals surface area contributed by atoms with Crippen molar-refractivity contribution in [1.82, 2.24) is 15.0 Å². The molecule has 0 atom stereocenters. The summed E-state index contributed by atoms with van der Waals surface area (Å²) in [5, 5.41) is 0.101. The van der Waals surface area contributed by atoms with Crippen molar-refractivity contribution >= 4 is 11.6 Å². The Bertz CT molecular complexity index is 618. The third-order valence-electron chi connectivity index (χ3n) is 3.18. The molecule has 0 radical (unpaired) electrons. The Labute approximate surface area is 126 Å². The average molecular weight is 310 g/mol. The molecule has 0 aliphatic carbocycles. The maximum absolute atomic E-state index is 13.8. The minimum Gasteiger partial charge on any atom is -0.473 e. The molecule has 3 rings (SSSR count). The van der Waals surface area contributed by atoms with Crippen LogP contribution in [0.25, 0.3) is 11.3 Å². The lowest BCUT2D eigenvalue weighted by molar-refractivity contribution is 0.0236. The van der Waals surface area contributed by atoms with Crippen molar-refractivity contribution in [3.63, 3.8) is 0 Å². The molecule has 0 aromatic carbocycles. The molecule has 0 amide bonds. The van der Waals surface area contributed by atoms with Gasteiger partial charge in [0.2, 0.25) is 5.88 Å². The van der Waals surface area contributed by atoms with E-state index in [1.165, 1.54) is 18.6 Å². The van der Waals surface area contributed by atoms with Gasteiger partial charge in [-0.1, -0.05) is 11.6 Å². The summed E-state index contributed by atoms with van der Waals surface area (Å²) >= 11 is 5.62. The molecule has 110 valence electrons. The van der Waals surface area contributed by atoms with Crippen LogP contribution >= 0.6 is 11.6 Å². The van der Waals surface area contributed by atoms with Crippen molar-refractivity contribution in [3.05, 3.63) is 35.6 Å². The van der Waals surface area contributed by atoms with Crippen LogP contribution in [0.4, 0.5) is 4.39 Å². The van der Waals surface area contributed by atoms with Crippen LogP contribution in [0.3, 0.4) is 0 Å². The molecule has 0 spiro atoms. The lowest BCUT2D eigenvalue weighted by Gasteiger charge is -2.22. The Morgan fingerprint density at radius 1 is 1.14 bits per heavy atom. The standard InChI is InChI=1S/C14H13ClFN3O2/c15-13-5-11(16)10(6-18-13)12-7-19-14(8-17-12)21-9-1-3-20-4-2-9/h5-9H,1-4H2. The van der Waals surface area contributed by atoms with Gasteiger partial charge in [0.15, 0.2) is 0 Å². The van der Waals surface area contributed by atoms with Gasteiger partial charge in [0.25, 0.3) is 0 Å². The van der Waals surface area contributed by atoms with Crippen molar-refractivity contribution in [2.24, 2.45) is 0 Å². The fourth-order valence-electron chi connectivity index (χ4n) is 2.08. The van der Waals surface area contributed by atoms with E-state index in [2.05, 4.69) is 15.0 Å². The first-order valence-electron chi connectivity index (χ1n) is 6.60. The third kappa shape index (κ3) is 3.46. The molecule has 1 aliphatic heterocycles. The van der Waals surface area contributed by atoms with E-state index >= 15 is 0 Å². The highest BCUT2D eigenvalue weighted by Crippen LogP contribution is 2.22. The highest BCUT2D eigenvalue weighted by Gasteiger charge is 2.16. The summed E-state index contributed by atoms with van der Waals surface area (Å²) in [6, 6.07) is 1.14. The van der Waals surface area contributed by atoms with Gasteiger partial charge in [0, 0.05) is 25.1 Å². The third-order valence-corrected chi connectivity index (χ3v) is 3.39. The second-order valence-corrected chi connectivity index (χ2v) is 5.04. The van der Waals surface area contributed by atoms with E-state index in [0.717, 1.165) is 18.9 Å². The number of pyridine rings is 1. The zero-order valence-corrected chi connectivity index (χ0v) is 11.9. The molecular formula is C14H13ClFN3O2. The van der Waals surface area contributed by atoms with Crippen LogP contribution in [-0.2, 0) is 4.74 Å². The van der Waals surface area contributed by atoms with E-state index in [4.69, 9.17) is 21.1 Å². The van der Waals surface area contributed by atoms with Crippen LogP contribution in [0.2, 0.25) is 5.15 Å². The van der Waals surface area contributed by atoms with Crippen molar-refractivity contribution in [2.45, 2.75) is 18.9 Å². The van der Waals surface area contributed by atoms with Crippen molar-refractivity contribution < 1.29 is 13.9 Å². The summed E-state index contributed by atoms with van der Waals surface area (Å²) < 4.78 is 24.7. The van der Waals surface area contributed by atoms with Gasteiger partial charge in [-0.25, -0.2) is 19.3 Å². The maximum Gasteiger partial charge on any atom is 0.232 e. The predicted molar refractivity (Wildman–Crippen MR) is 74.7 cm³/mol. The number of hydrogen-bond acceptors (Lipinski definition) is 5. The predicted octanol–water partition coefficient (Wildman–Crippen LogP) is 2.89. The Kier molecular flexibility index (Phi) is 4.26. The fourth-order valence-corrected chi connectivity index (χ4v) is 2.22. The Balaban J connectivity index is 1.74. The summed E-state index contributed by atoms with van der Waals surface area (Å²) in [6.07, 6.45) is 6.04. The lowest BCUT2D eigenvalue weighted by atomic mass is 10.1. The number of rotatable bonds is 3. The van der Waals surface area contributed by atoms with Gasteiger partial charge in [0.1, 0.15) is 17.1 Å². The topological polar surface area (TPSA) is 57.1 Å². The fraction of sp³-hybridized carbons (Fsp3) is 0.357. The van der Waals surface area contributed by atoms with E-state index in [1.807, 2.05) is 0 Å². The largest absolute Gasteiger partial charge is 0.473 e. The summed E-state index contributed by atoms with van der Waals surface area (Å²) in [5.41, 5.74) is 0.639. The molecule has 1 aliphatic rings. The summed E-state index contributed by atoms with van der Waals surface area (Å²) in [5.74, 6) is -0.0598. The smallest absolute Gasteiger partial charge is 0.232 e. The molecule has 2 aromatic rings. The Morgan fingerprint density at radius 2 is 1.95 bits per heavy atom. The monoisotopic (exact) mass is 309 g/mol. The van der Waals surface area contributed by atoms with Gasteiger partial charge < -0.3 is 9.47 Å². The first kappa shape index (κ1) is 14.2. The SMILES string of the molecule is Fc1cc(Cl)ncc1-c1cnc(OC2CCOCC2)cn1. The van der Waals surface area contributed by atoms with Gasteiger partial charge in [-0.2, -0.15) is 0 Å². The molecule has 7 heteroatoms. The average Bonchev–Trinajstić information content (AvgIpc) is 2.49. The summed E-state index contributed by atoms with van der Waals surface area (Å²) in [6.45, 7) is 1.38. The molecule has 0 bridgehead atoms. The molecule has 3 heterocycles. The second-order valence-electron chi connectivity index (χ2n) is 4.66. The zero-order valence-electron chi connectivity index (χ0n) is 11.1. The number of aromatic nitrogens is 3. The minimum absolute atomic E-state index is 0.0906. The van der Waals surface area contributed by atoms with E-state index in [0.29, 0.717) is 24.8 Å². The molecule has 0 saturated carbocycles. The highest BCUT2D eigenvalue weighted by molar-refractivity contribution is 6.29. The normalized spacial score (nSPS) is 15.9. The number of ether oxygens (including phenoxy) is 2. The second kappa shape index (κ2) is 6.32. The zero-order chi connectivity index (χ0) is 14.7. The quantitative estimate of drug-likeness (QED) is 0.816. The molecule has 0 unspecified atom stereocenters. The maximum atomic E-state index is 13.8. The first-order chi connectivity index (χ1) is 10.2. The Hall–Kier alpha value is -1.79. The van der Waals surface area contributed by atoms with Crippen molar-refractivity contribution in [1.29, 1.82) is 0 Å². The van der Waals surface area contributed by atoms with Crippen LogP contribution in [0.1, 0.15) is 12.8 Å². The van der Waals surface area contributed by atoms with E-state index in [-0.39, 0.29) is 16.8 Å². The van der Waals surface area contributed by atoms with Gasteiger partial charge in [0.05, 0.1) is 36.9 Å². The van der Waals surface area contributed by atoms with Crippen molar-refractivity contribution in [2.75, 3.05) is 13.2 Å². The van der Waals surface area contributed by atoms with Crippen LogP contribution in [-0.4, -0.2) is 34.3 Å². The first-order valence-corrected chi connectivity index (χ1v) is 6.98. The van der Waals surface area contributed by atoms with Gasteiger partial charge in [-0.15, -0.1) is 0 Å². The molecule has 2 aromatic heterocycles. The van der Waals surface area contributed by atoms with Crippen LogP contribution in [0, 0.1) is 5.82 Å². The molecule has 5 nitrogen and oxygen atoms in total. The molecule has 21 heavy (non-hydrogen) atoms. The van der Waals surface area contributed by atoms with Gasteiger partial charge >= 0.3 is 0 Å². The van der Waals surface area contributed by atoms with E-state index in [1.54, 1.807) is 0 Å². The van der Waals surface area contributed by atoms with Gasteiger partial charge in [-0.3, -0.25) is 0 Å². The van der Waals surface area contributed by atoms with Crippen molar-refractivity contribution in [3.8, 4) is 17.1 Å². The van der Waals surface area contributed by atoms with Crippen LogP contribution in [0.5, 0.6) is 5.88 Å². The minimum atomic E-state index is -0.484. The Morgan fingerprint density at radius 3 is 2.62 bits per heavy atom. The number of hydrogen-bond donors (Lipinski definition) is 0. The molecular weight excluding hydrogens is 297 g/mol. The van der Waals surface area contributed by atoms with E-state index in [9.17, 15) is 4.39 Å². The van der Waals surface area contributed by atoms with Crippen LogP contribution < -0.4 is 4.74 Å². The molecule has 0 N–H and O–H groups in total. The summed E-state index contributed by atoms with van der Waals surface area (Å²) in [7, 11) is 0. The molecule has 1 saturated heterocycles. The number of halogens is 2. The number of nitrogens with zero attached hydrogens (tertiary/aromatic N) is 3. The lowest BCUT2D eigenvalue weighted by Crippen LogP contribution is -2.26. The summed E-state index contributed by atoms with van der Waals surface area (Å²) in [4.78, 5) is 12.2. The van der Waals surface area contributed by atoms with Gasteiger partial charge in [-0.05, 0) is 0 Å². The molecule has 1 fully saturated rings. The highest BCUT2D eigenvalue weighted by atomic mass is 35.5. The van der Waals surface area contributed by atoms with Crippen LogP contribution in [0.15, 0.2) is 24.7 Å².